The van der Waals surface area contributed by atoms with Crippen LogP contribution in [-0.4, -0.2) is 52.4 Å². The second-order valence-electron chi connectivity index (χ2n) is 5.39. The molecule has 2 nitrogen and oxygen atoms in total. The van der Waals surface area contributed by atoms with E-state index in [1.165, 1.54) is 45.2 Å². The summed E-state index contributed by atoms with van der Waals surface area (Å²) in [6, 6.07) is 0. The van der Waals surface area contributed by atoms with Gasteiger partial charge in [-0.15, -0.1) is 0 Å². The molecule has 3 heteroatoms. The molecular formula is C13H30N2Sn. The SMILES string of the molecule is CCC[CH2][Sn]1([CH2]CCC)[N](C)CCC[N]1C. The third-order valence-corrected chi connectivity index (χ3v) is 20.2. The van der Waals surface area contributed by atoms with Crippen molar-refractivity contribution in [3.05, 3.63) is 0 Å². The van der Waals surface area contributed by atoms with E-state index in [9.17, 15) is 0 Å². The first kappa shape index (κ1) is 14.8. The third-order valence-electron chi connectivity index (χ3n) is 4.27. The van der Waals surface area contributed by atoms with Gasteiger partial charge >= 0.3 is 107 Å². The molecule has 0 spiro atoms. The molecule has 0 bridgehead atoms. The zero-order valence-electron chi connectivity index (χ0n) is 11.8. The zero-order chi connectivity index (χ0) is 12.0. The Kier molecular flexibility index (Phi) is 6.67. The predicted molar refractivity (Wildman–Crippen MR) is 75.1 cm³/mol. The van der Waals surface area contributed by atoms with Crippen molar-refractivity contribution in [2.24, 2.45) is 0 Å². The van der Waals surface area contributed by atoms with Crippen molar-refractivity contribution in [2.75, 3.05) is 27.2 Å². The molecule has 0 radical (unpaired) electrons. The maximum absolute atomic E-state index is 2.82. The van der Waals surface area contributed by atoms with Crippen LogP contribution in [0.1, 0.15) is 46.0 Å². The molecule has 1 rings (SSSR count). The van der Waals surface area contributed by atoms with Gasteiger partial charge in [0.2, 0.25) is 0 Å². The molecule has 96 valence electrons. The van der Waals surface area contributed by atoms with E-state index in [4.69, 9.17) is 0 Å². The second kappa shape index (κ2) is 7.22. The van der Waals surface area contributed by atoms with Gasteiger partial charge in [-0.25, -0.2) is 0 Å². The molecule has 0 N–H and O–H groups in total. The van der Waals surface area contributed by atoms with E-state index in [0.717, 1.165) is 0 Å². The van der Waals surface area contributed by atoms with Gasteiger partial charge in [-0.2, -0.15) is 0 Å². The molecule has 1 saturated heterocycles. The maximum atomic E-state index is 2.82. The van der Waals surface area contributed by atoms with Gasteiger partial charge in [0.25, 0.3) is 0 Å². The van der Waals surface area contributed by atoms with Crippen LogP contribution in [-0.2, 0) is 0 Å². The summed E-state index contributed by atoms with van der Waals surface area (Å²) in [5.74, 6) is 0. The summed E-state index contributed by atoms with van der Waals surface area (Å²) in [6.07, 6.45) is 7.02. The van der Waals surface area contributed by atoms with E-state index in [-0.39, 0.29) is 0 Å². The Bertz CT molecular complexity index is 176. The van der Waals surface area contributed by atoms with Gasteiger partial charge in [-0.3, -0.25) is 0 Å². The number of hydrogen-bond donors (Lipinski definition) is 0. The average Bonchev–Trinajstić information content (AvgIpc) is 2.28. The molecule has 1 fully saturated rings. The Morgan fingerprint density at radius 2 is 1.31 bits per heavy atom. The number of rotatable bonds is 6. The van der Waals surface area contributed by atoms with Crippen molar-refractivity contribution in [3.8, 4) is 0 Å². The first-order chi connectivity index (χ1) is 7.67. The van der Waals surface area contributed by atoms with E-state index in [2.05, 4.69) is 34.2 Å². The van der Waals surface area contributed by atoms with E-state index in [1.54, 1.807) is 8.87 Å². The first-order valence-corrected chi connectivity index (χ1v) is 13.7. The Balaban J connectivity index is 2.71. The molecule has 0 aromatic rings. The van der Waals surface area contributed by atoms with E-state index in [1.807, 2.05) is 0 Å². The van der Waals surface area contributed by atoms with Crippen LogP contribution in [0.5, 0.6) is 0 Å². The second-order valence-corrected chi connectivity index (χ2v) is 18.2. The van der Waals surface area contributed by atoms with Crippen LogP contribution in [0.15, 0.2) is 0 Å². The van der Waals surface area contributed by atoms with Crippen molar-refractivity contribution in [3.63, 3.8) is 0 Å². The Morgan fingerprint density at radius 3 is 1.69 bits per heavy atom. The molecule has 0 aliphatic carbocycles. The Morgan fingerprint density at radius 1 is 0.875 bits per heavy atom. The predicted octanol–water partition coefficient (Wildman–Crippen LogP) is 3.30. The van der Waals surface area contributed by atoms with Gasteiger partial charge in [0.1, 0.15) is 0 Å². The van der Waals surface area contributed by atoms with Crippen LogP contribution in [0.4, 0.5) is 0 Å². The molecule has 0 amide bonds. The van der Waals surface area contributed by atoms with Gasteiger partial charge in [0.15, 0.2) is 0 Å². The fourth-order valence-corrected chi connectivity index (χ4v) is 18.3. The van der Waals surface area contributed by atoms with Gasteiger partial charge in [-0.1, -0.05) is 0 Å². The molecule has 0 unspecified atom stereocenters. The average molecular weight is 333 g/mol. The van der Waals surface area contributed by atoms with Crippen molar-refractivity contribution in [2.45, 2.75) is 54.8 Å². The fourth-order valence-electron chi connectivity index (χ4n) is 3.06. The summed E-state index contributed by atoms with van der Waals surface area (Å²) in [5.41, 5.74) is 0. The summed E-state index contributed by atoms with van der Waals surface area (Å²) < 4.78 is 8.75. The van der Waals surface area contributed by atoms with Gasteiger partial charge in [0, 0.05) is 0 Å². The number of nitrogens with zero attached hydrogens (tertiary/aromatic N) is 2. The van der Waals surface area contributed by atoms with Gasteiger partial charge < -0.3 is 0 Å². The molecule has 1 heterocycles. The monoisotopic (exact) mass is 334 g/mol. The minimum absolute atomic E-state index is 1.37. The van der Waals surface area contributed by atoms with Crippen LogP contribution in [0.25, 0.3) is 0 Å². The quantitative estimate of drug-likeness (QED) is 0.689. The molecule has 0 saturated carbocycles. The number of unbranched alkanes of at least 4 members (excludes halogenated alkanes) is 2. The summed E-state index contributed by atoms with van der Waals surface area (Å²) >= 11 is -2.10. The van der Waals surface area contributed by atoms with Gasteiger partial charge in [-0.05, 0) is 0 Å². The summed E-state index contributed by atoms with van der Waals surface area (Å²) in [5, 5.41) is 0. The molecule has 16 heavy (non-hydrogen) atoms. The standard InChI is InChI=1S/C5H12N2.2C4H9.Sn/c1-6-4-3-5-7-2;2*1-3-4-2;/h3-5H2,1-2H3;2*1,3-4H2,2H3;/q-2;;;+2. The van der Waals surface area contributed by atoms with E-state index < -0.39 is 18.9 Å². The molecule has 0 aromatic carbocycles. The van der Waals surface area contributed by atoms with Crippen LogP contribution in [0, 0.1) is 0 Å². The molecule has 1 aliphatic rings. The minimum atomic E-state index is -2.10. The summed E-state index contributed by atoms with van der Waals surface area (Å²) in [6.45, 7) is 7.41. The summed E-state index contributed by atoms with van der Waals surface area (Å²) in [4.78, 5) is 0. The van der Waals surface area contributed by atoms with E-state index >= 15 is 0 Å². The van der Waals surface area contributed by atoms with Crippen molar-refractivity contribution < 1.29 is 0 Å². The summed E-state index contributed by atoms with van der Waals surface area (Å²) in [7, 11) is 4.83. The van der Waals surface area contributed by atoms with E-state index in [0.29, 0.717) is 0 Å². The zero-order valence-corrected chi connectivity index (χ0v) is 14.6. The van der Waals surface area contributed by atoms with Crippen LogP contribution >= 0.6 is 0 Å². The van der Waals surface area contributed by atoms with Crippen LogP contribution in [0.2, 0.25) is 8.87 Å². The Hall–Kier alpha value is 0.719. The molecule has 1 aliphatic heterocycles. The third kappa shape index (κ3) is 3.36. The Labute approximate surface area is 107 Å². The van der Waals surface area contributed by atoms with Gasteiger partial charge in [0.05, 0.1) is 0 Å². The molecule has 0 atom stereocenters. The number of hydrogen-bond acceptors (Lipinski definition) is 2. The topological polar surface area (TPSA) is 6.48 Å². The van der Waals surface area contributed by atoms with Crippen molar-refractivity contribution in [1.29, 1.82) is 0 Å². The van der Waals surface area contributed by atoms with Crippen molar-refractivity contribution >= 4 is 18.9 Å². The normalized spacial score (nSPS) is 22.5. The fraction of sp³-hybridized carbons (Fsp3) is 1.00. The van der Waals surface area contributed by atoms with Crippen molar-refractivity contribution in [1.82, 2.24) is 6.24 Å². The molecular weight excluding hydrogens is 303 g/mol. The molecule has 0 aromatic heterocycles. The first-order valence-electron chi connectivity index (χ1n) is 7.10. The van der Waals surface area contributed by atoms with Crippen LogP contribution in [0.3, 0.4) is 0 Å². The van der Waals surface area contributed by atoms with Crippen LogP contribution < -0.4 is 0 Å².